The quantitative estimate of drug-likeness (QED) is 0.892. The third kappa shape index (κ3) is 3.05. The van der Waals surface area contributed by atoms with Crippen molar-refractivity contribution in [1.82, 2.24) is 5.32 Å². The number of benzene rings is 1. The molecule has 0 saturated carbocycles. The molecule has 0 aromatic heterocycles. The molecule has 2 unspecified atom stereocenters. The van der Waals surface area contributed by atoms with Crippen LogP contribution in [0.1, 0.15) is 24.9 Å². The first kappa shape index (κ1) is 13.0. The van der Waals surface area contributed by atoms with Crippen LogP contribution < -0.4 is 10.1 Å². The fraction of sp³-hybridized carbons (Fsp3) is 0.500. The molecule has 0 spiro atoms. The number of hydrogen-bond acceptors (Lipinski definition) is 3. The predicted octanol–water partition coefficient (Wildman–Crippen LogP) is 2.79. The lowest BCUT2D eigenvalue weighted by Crippen LogP contribution is -2.32. The van der Waals surface area contributed by atoms with Crippen LogP contribution in [0.4, 0.5) is 0 Å². The Morgan fingerprint density at radius 3 is 3.00 bits per heavy atom. The van der Waals surface area contributed by atoms with Gasteiger partial charge in [0.15, 0.2) is 0 Å². The molecule has 2 N–H and O–H groups in total. The fourth-order valence-corrected chi connectivity index (χ4v) is 2.51. The van der Waals surface area contributed by atoms with Crippen molar-refractivity contribution in [2.75, 3.05) is 13.2 Å². The van der Waals surface area contributed by atoms with E-state index in [2.05, 4.69) is 5.32 Å². The van der Waals surface area contributed by atoms with Crippen molar-refractivity contribution in [3.63, 3.8) is 0 Å². The second-order valence-corrected chi connectivity index (χ2v) is 5.10. The highest BCUT2D eigenvalue weighted by molar-refractivity contribution is 6.35. The van der Waals surface area contributed by atoms with E-state index in [1.807, 2.05) is 6.07 Å². The van der Waals surface area contributed by atoms with E-state index in [9.17, 15) is 5.11 Å². The van der Waals surface area contributed by atoms with Crippen molar-refractivity contribution in [1.29, 1.82) is 0 Å². The van der Waals surface area contributed by atoms with Gasteiger partial charge in [-0.25, -0.2) is 0 Å². The normalized spacial score (nSPS) is 20.6. The lowest BCUT2D eigenvalue weighted by Gasteiger charge is -2.28. The summed E-state index contributed by atoms with van der Waals surface area (Å²) in [5.41, 5.74) is 0.967. The van der Waals surface area contributed by atoms with Crippen LogP contribution in [0, 0.1) is 0 Å². The Morgan fingerprint density at radius 2 is 2.29 bits per heavy atom. The van der Waals surface area contributed by atoms with Crippen LogP contribution in [0.5, 0.6) is 5.75 Å². The lowest BCUT2D eigenvalue weighted by molar-refractivity contribution is 0.177. The average molecular weight is 276 g/mol. The fourth-order valence-electron chi connectivity index (χ4n) is 1.95. The topological polar surface area (TPSA) is 41.5 Å². The van der Waals surface area contributed by atoms with E-state index in [0.717, 1.165) is 12.0 Å². The first-order valence-electron chi connectivity index (χ1n) is 5.61. The molecule has 5 heteroatoms. The van der Waals surface area contributed by atoms with Gasteiger partial charge in [-0.2, -0.15) is 0 Å². The minimum Gasteiger partial charge on any atom is -0.492 e. The summed E-state index contributed by atoms with van der Waals surface area (Å²) in [4.78, 5) is 0. The van der Waals surface area contributed by atoms with Crippen LogP contribution in [-0.4, -0.2) is 24.4 Å². The van der Waals surface area contributed by atoms with E-state index in [0.29, 0.717) is 28.9 Å². The third-order valence-electron chi connectivity index (χ3n) is 2.73. The number of rotatable bonds is 3. The van der Waals surface area contributed by atoms with E-state index >= 15 is 0 Å². The maximum absolute atomic E-state index is 9.29. The predicted molar refractivity (Wildman–Crippen MR) is 69.0 cm³/mol. The summed E-state index contributed by atoms with van der Waals surface area (Å²) in [7, 11) is 0. The number of nitrogens with one attached hydrogen (secondary N) is 1. The van der Waals surface area contributed by atoms with Crippen molar-refractivity contribution in [3.05, 3.63) is 27.7 Å². The minimum atomic E-state index is -0.379. The van der Waals surface area contributed by atoms with E-state index in [1.54, 1.807) is 13.0 Å². The molecule has 94 valence electrons. The molecule has 0 bridgehead atoms. The minimum absolute atomic E-state index is 0.129. The van der Waals surface area contributed by atoms with Crippen LogP contribution in [0.15, 0.2) is 12.1 Å². The Bertz CT molecular complexity index is 410. The number of aliphatic hydroxyl groups excluding tert-OH is 1. The monoisotopic (exact) mass is 275 g/mol. The Hall–Kier alpha value is -0.480. The van der Waals surface area contributed by atoms with Gasteiger partial charge in [-0.1, -0.05) is 23.2 Å². The highest BCUT2D eigenvalue weighted by atomic mass is 35.5. The smallest absolute Gasteiger partial charge is 0.142 e. The van der Waals surface area contributed by atoms with Gasteiger partial charge in [0.2, 0.25) is 0 Å². The van der Waals surface area contributed by atoms with Gasteiger partial charge < -0.3 is 15.2 Å². The first-order chi connectivity index (χ1) is 8.08. The summed E-state index contributed by atoms with van der Waals surface area (Å²) >= 11 is 12.1. The summed E-state index contributed by atoms with van der Waals surface area (Å²) in [6, 6.07) is 3.67. The highest BCUT2D eigenvalue weighted by Gasteiger charge is 2.24. The van der Waals surface area contributed by atoms with E-state index in [-0.39, 0.29) is 12.1 Å². The van der Waals surface area contributed by atoms with E-state index in [1.165, 1.54) is 0 Å². The standard InChI is InChI=1S/C12H15Cl2NO2/c1-7(16)6-15-11-2-3-17-12-9(11)4-8(13)5-10(12)14/h4-5,7,11,15-16H,2-3,6H2,1H3. The molecule has 2 rings (SSSR count). The van der Waals surface area contributed by atoms with Crippen LogP contribution in [0.2, 0.25) is 10.0 Å². The summed E-state index contributed by atoms with van der Waals surface area (Å²) in [6.07, 6.45) is 0.465. The van der Waals surface area contributed by atoms with Gasteiger partial charge in [0, 0.05) is 29.6 Å². The van der Waals surface area contributed by atoms with Crippen LogP contribution in [0.3, 0.4) is 0 Å². The molecule has 1 aliphatic rings. The summed E-state index contributed by atoms with van der Waals surface area (Å²) in [5.74, 6) is 0.699. The summed E-state index contributed by atoms with van der Waals surface area (Å²) < 4.78 is 5.55. The number of halogens is 2. The maximum atomic E-state index is 9.29. The third-order valence-corrected chi connectivity index (χ3v) is 3.22. The van der Waals surface area contributed by atoms with Gasteiger partial charge in [-0.3, -0.25) is 0 Å². The van der Waals surface area contributed by atoms with Crippen molar-refractivity contribution in [3.8, 4) is 5.75 Å². The van der Waals surface area contributed by atoms with Crippen molar-refractivity contribution in [2.24, 2.45) is 0 Å². The Morgan fingerprint density at radius 1 is 1.53 bits per heavy atom. The number of hydrogen-bond donors (Lipinski definition) is 2. The molecule has 2 atom stereocenters. The van der Waals surface area contributed by atoms with E-state index < -0.39 is 0 Å². The molecule has 0 fully saturated rings. The van der Waals surface area contributed by atoms with Gasteiger partial charge in [-0.15, -0.1) is 0 Å². The SMILES string of the molecule is CC(O)CNC1CCOc2c(Cl)cc(Cl)cc21. The number of ether oxygens (including phenoxy) is 1. The molecule has 0 amide bonds. The zero-order valence-corrected chi connectivity index (χ0v) is 11.1. The van der Waals surface area contributed by atoms with E-state index in [4.69, 9.17) is 27.9 Å². The molecular formula is C12H15Cl2NO2. The largest absolute Gasteiger partial charge is 0.492 e. The second kappa shape index (κ2) is 5.44. The van der Waals surface area contributed by atoms with Gasteiger partial charge >= 0.3 is 0 Å². The zero-order valence-electron chi connectivity index (χ0n) is 9.54. The number of fused-ring (bicyclic) bond motifs is 1. The summed E-state index contributed by atoms with van der Waals surface area (Å²) in [6.45, 7) is 2.90. The van der Waals surface area contributed by atoms with Gasteiger partial charge in [0.25, 0.3) is 0 Å². The Balaban J connectivity index is 2.24. The second-order valence-electron chi connectivity index (χ2n) is 4.25. The van der Waals surface area contributed by atoms with Gasteiger partial charge in [-0.05, 0) is 19.1 Å². The molecule has 3 nitrogen and oxygen atoms in total. The molecule has 0 saturated heterocycles. The molecular weight excluding hydrogens is 261 g/mol. The molecule has 1 aromatic rings. The van der Waals surface area contributed by atoms with Gasteiger partial charge in [0.1, 0.15) is 5.75 Å². The molecule has 0 aliphatic carbocycles. The number of aliphatic hydroxyl groups is 1. The molecule has 1 heterocycles. The van der Waals surface area contributed by atoms with Crippen molar-refractivity contribution >= 4 is 23.2 Å². The van der Waals surface area contributed by atoms with Crippen LogP contribution in [-0.2, 0) is 0 Å². The first-order valence-corrected chi connectivity index (χ1v) is 6.36. The van der Waals surface area contributed by atoms with Crippen molar-refractivity contribution in [2.45, 2.75) is 25.5 Å². The van der Waals surface area contributed by atoms with Gasteiger partial charge in [0.05, 0.1) is 17.7 Å². The van der Waals surface area contributed by atoms with Crippen LogP contribution in [0.25, 0.3) is 0 Å². The zero-order chi connectivity index (χ0) is 12.4. The molecule has 1 aliphatic heterocycles. The highest BCUT2D eigenvalue weighted by Crippen LogP contribution is 2.39. The average Bonchev–Trinajstić information content (AvgIpc) is 2.26. The Kier molecular flexibility index (Phi) is 4.15. The molecule has 0 radical (unpaired) electrons. The lowest BCUT2D eigenvalue weighted by atomic mass is 10.0. The summed E-state index contributed by atoms with van der Waals surface area (Å²) in [5, 5.41) is 13.7. The molecule has 1 aromatic carbocycles. The Labute approximate surface area is 111 Å². The van der Waals surface area contributed by atoms with Crippen molar-refractivity contribution < 1.29 is 9.84 Å². The maximum Gasteiger partial charge on any atom is 0.142 e. The molecule has 17 heavy (non-hydrogen) atoms. The van der Waals surface area contributed by atoms with Crippen LogP contribution >= 0.6 is 23.2 Å².